The predicted octanol–water partition coefficient (Wildman–Crippen LogP) is 2.14. The van der Waals surface area contributed by atoms with Crippen molar-refractivity contribution in [2.45, 2.75) is 31.3 Å². The lowest BCUT2D eigenvalue weighted by Crippen LogP contribution is -2.17. The number of thioether (sulfide) groups is 1. The van der Waals surface area contributed by atoms with Gasteiger partial charge < -0.3 is 5.11 Å². The Hall–Kier alpha value is -1.89. The summed E-state index contributed by atoms with van der Waals surface area (Å²) in [7, 11) is 0. The highest BCUT2D eigenvalue weighted by molar-refractivity contribution is 7.99. The van der Waals surface area contributed by atoms with Crippen LogP contribution in [0.25, 0.3) is 5.69 Å². The number of aromatic nitrogens is 4. The van der Waals surface area contributed by atoms with Gasteiger partial charge in [0.2, 0.25) is 0 Å². The number of rotatable bonds is 4. The first kappa shape index (κ1) is 14.5. The molecular formula is C13H16N4O2S. The van der Waals surface area contributed by atoms with E-state index in [0.29, 0.717) is 5.16 Å². The van der Waals surface area contributed by atoms with E-state index in [1.54, 1.807) is 18.6 Å². The summed E-state index contributed by atoms with van der Waals surface area (Å²) in [4.78, 5) is 23.1. The molecule has 0 unspecified atom stereocenters. The lowest BCUT2D eigenvalue weighted by Gasteiger charge is -2.21. The second-order valence-corrected chi connectivity index (χ2v) is 6.23. The van der Waals surface area contributed by atoms with E-state index >= 15 is 0 Å². The van der Waals surface area contributed by atoms with E-state index in [4.69, 9.17) is 5.11 Å². The molecular weight excluding hydrogens is 276 g/mol. The van der Waals surface area contributed by atoms with Gasteiger partial charge in [0.15, 0.2) is 5.16 Å². The van der Waals surface area contributed by atoms with Crippen LogP contribution in [-0.4, -0.2) is 36.3 Å². The molecule has 1 N–H and O–H groups in total. The Morgan fingerprint density at radius 3 is 2.50 bits per heavy atom. The molecule has 0 spiro atoms. The molecule has 20 heavy (non-hydrogen) atoms. The van der Waals surface area contributed by atoms with Crippen molar-refractivity contribution in [3.8, 4) is 5.69 Å². The minimum Gasteiger partial charge on any atom is -0.481 e. The zero-order chi connectivity index (χ0) is 14.8. The van der Waals surface area contributed by atoms with Crippen LogP contribution < -0.4 is 0 Å². The molecule has 0 aliphatic rings. The molecule has 0 amide bonds. The van der Waals surface area contributed by atoms with E-state index in [1.165, 1.54) is 18.1 Å². The summed E-state index contributed by atoms with van der Waals surface area (Å²) in [5.41, 5.74) is 1.65. The Labute approximate surface area is 121 Å². The van der Waals surface area contributed by atoms with Gasteiger partial charge in [-0.25, -0.2) is 15.0 Å². The molecule has 2 aromatic heterocycles. The third-order valence-corrected chi connectivity index (χ3v) is 3.57. The zero-order valence-electron chi connectivity index (χ0n) is 11.6. The second kappa shape index (κ2) is 5.62. The molecule has 7 heteroatoms. The van der Waals surface area contributed by atoms with Gasteiger partial charge in [-0.3, -0.25) is 9.36 Å². The molecule has 2 rings (SSSR count). The topological polar surface area (TPSA) is 80.9 Å². The van der Waals surface area contributed by atoms with Gasteiger partial charge in [0.05, 0.1) is 30.0 Å². The molecule has 0 saturated carbocycles. The van der Waals surface area contributed by atoms with Gasteiger partial charge in [-0.1, -0.05) is 32.5 Å². The summed E-state index contributed by atoms with van der Waals surface area (Å²) in [6.45, 7) is 6.24. The van der Waals surface area contributed by atoms with Crippen LogP contribution in [0.5, 0.6) is 0 Å². The first-order valence-electron chi connectivity index (χ1n) is 6.08. The highest BCUT2D eigenvalue weighted by atomic mass is 32.2. The van der Waals surface area contributed by atoms with Crippen molar-refractivity contribution in [2.75, 3.05) is 5.75 Å². The Bertz CT molecular complexity index is 605. The SMILES string of the molecule is CC(C)(C)c1cnc(SCC(=O)O)n1-c1cncnc1. The third kappa shape index (κ3) is 3.16. The van der Waals surface area contributed by atoms with Crippen LogP contribution in [0.1, 0.15) is 26.5 Å². The average Bonchev–Trinajstić information content (AvgIpc) is 2.81. The largest absolute Gasteiger partial charge is 0.481 e. The summed E-state index contributed by atoms with van der Waals surface area (Å²) in [6, 6.07) is 0. The van der Waals surface area contributed by atoms with Crippen molar-refractivity contribution >= 4 is 17.7 Å². The molecule has 0 aromatic carbocycles. The number of nitrogens with zero attached hydrogens (tertiary/aromatic N) is 4. The number of aliphatic carboxylic acids is 1. The third-order valence-electron chi connectivity index (χ3n) is 2.63. The fraction of sp³-hybridized carbons (Fsp3) is 0.385. The number of carbonyl (C=O) groups is 1. The summed E-state index contributed by atoms with van der Waals surface area (Å²) in [5.74, 6) is -0.903. The summed E-state index contributed by atoms with van der Waals surface area (Å²) in [5, 5.41) is 9.45. The Balaban J connectivity index is 2.49. The first-order chi connectivity index (χ1) is 9.39. The Kier molecular flexibility index (Phi) is 4.08. The van der Waals surface area contributed by atoms with Gasteiger partial charge in [-0.15, -0.1) is 0 Å². The number of carboxylic acids is 1. The van der Waals surface area contributed by atoms with Crippen LogP contribution >= 0.6 is 11.8 Å². The summed E-state index contributed by atoms with van der Waals surface area (Å²) < 4.78 is 1.91. The van der Waals surface area contributed by atoms with Gasteiger partial charge in [0.25, 0.3) is 0 Å². The second-order valence-electron chi connectivity index (χ2n) is 5.29. The number of imidazole rings is 1. The van der Waals surface area contributed by atoms with E-state index in [9.17, 15) is 4.79 Å². The fourth-order valence-corrected chi connectivity index (χ4v) is 2.46. The molecule has 2 heterocycles. The monoisotopic (exact) mass is 292 g/mol. The van der Waals surface area contributed by atoms with Crippen molar-refractivity contribution in [2.24, 2.45) is 0 Å². The van der Waals surface area contributed by atoms with Crippen LogP contribution in [0.15, 0.2) is 30.1 Å². The van der Waals surface area contributed by atoms with Gasteiger partial charge in [0.1, 0.15) is 6.33 Å². The van der Waals surface area contributed by atoms with Crippen LogP contribution in [0.4, 0.5) is 0 Å². The standard InChI is InChI=1S/C13H16N4O2S/c1-13(2,3)10-6-16-12(20-7-11(18)19)17(10)9-4-14-8-15-5-9/h4-6,8H,7H2,1-3H3,(H,18,19). The molecule has 106 valence electrons. The highest BCUT2D eigenvalue weighted by Gasteiger charge is 2.23. The smallest absolute Gasteiger partial charge is 0.313 e. The Morgan fingerprint density at radius 1 is 1.30 bits per heavy atom. The van der Waals surface area contributed by atoms with Crippen LogP contribution in [0.2, 0.25) is 0 Å². The van der Waals surface area contributed by atoms with Gasteiger partial charge in [-0.05, 0) is 0 Å². The van der Waals surface area contributed by atoms with Crippen LogP contribution in [0, 0.1) is 0 Å². The lowest BCUT2D eigenvalue weighted by atomic mass is 9.92. The van der Waals surface area contributed by atoms with Crippen molar-refractivity contribution in [3.63, 3.8) is 0 Å². The fourth-order valence-electron chi connectivity index (χ4n) is 1.75. The highest BCUT2D eigenvalue weighted by Crippen LogP contribution is 2.30. The molecule has 0 saturated heterocycles. The van der Waals surface area contributed by atoms with E-state index in [2.05, 4.69) is 35.7 Å². The maximum atomic E-state index is 10.7. The maximum Gasteiger partial charge on any atom is 0.313 e. The number of carboxylic acid groups (broad SMARTS) is 1. The lowest BCUT2D eigenvalue weighted by molar-refractivity contribution is -0.133. The van der Waals surface area contributed by atoms with Gasteiger partial charge in [0, 0.05) is 11.1 Å². The van der Waals surface area contributed by atoms with E-state index < -0.39 is 5.97 Å². The quantitative estimate of drug-likeness (QED) is 0.869. The van der Waals surface area contributed by atoms with Crippen molar-refractivity contribution < 1.29 is 9.90 Å². The molecule has 0 aliphatic carbocycles. The molecule has 0 fully saturated rings. The summed E-state index contributed by atoms with van der Waals surface area (Å²) in [6.07, 6.45) is 6.61. The van der Waals surface area contributed by atoms with E-state index in [-0.39, 0.29) is 11.2 Å². The van der Waals surface area contributed by atoms with Gasteiger partial charge in [-0.2, -0.15) is 0 Å². The molecule has 0 radical (unpaired) electrons. The molecule has 6 nitrogen and oxygen atoms in total. The van der Waals surface area contributed by atoms with E-state index in [0.717, 1.165) is 11.4 Å². The number of hydrogen-bond acceptors (Lipinski definition) is 5. The number of hydrogen-bond donors (Lipinski definition) is 1. The van der Waals surface area contributed by atoms with Crippen LogP contribution in [0.3, 0.4) is 0 Å². The minimum absolute atomic E-state index is 0.0334. The zero-order valence-corrected chi connectivity index (χ0v) is 12.4. The maximum absolute atomic E-state index is 10.7. The van der Waals surface area contributed by atoms with Crippen molar-refractivity contribution in [1.29, 1.82) is 0 Å². The van der Waals surface area contributed by atoms with Gasteiger partial charge >= 0.3 is 5.97 Å². The minimum atomic E-state index is -0.869. The van der Waals surface area contributed by atoms with Crippen molar-refractivity contribution in [3.05, 3.63) is 30.6 Å². The summed E-state index contributed by atoms with van der Waals surface area (Å²) >= 11 is 1.18. The predicted molar refractivity (Wildman–Crippen MR) is 76.2 cm³/mol. The molecule has 0 bridgehead atoms. The average molecular weight is 292 g/mol. The van der Waals surface area contributed by atoms with Crippen LogP contribution in [-0.2, 0) is 10.2 Å². The van der Waals surface area contributed by atoms with E-state index in [1.807, 2.05) is 4.57 Å². The van der Waals surface area contributed by atoms with Crippen molar-refractivity contribution in [1.82, 2.24) is 19.5 Å². The Morgan fingerprint density at radius 2 is 1.95 bits per heavy atom. The molecule has 0 aliphatic heterocycles. The molecule has 0 atom stereocenters. The molecule has 2 aromatic rings. The normalized spacial score (nSPS) is 11.6. The first-order valence-corrected chi connectivity index (χ1v) is 7.06.